The van der Waals surface area contributed by atoms with Gasteiger partial charge in [0.2, 0.25) is 0 Å². The predicted octanol–water partition coefficient (Wildman–Crippen LogP) is 2.35. The van der Waals surface area contributed by atoms with E-state index in [2.05, 4.69) is 5.10 Å². The van der Waals surface area contributed by atoms with E-state index in [4.69, 9.17) is 11.6 Å². The number of carbonyl (C=O) groups is 1. The van der Waals surface area contributed by atoms with Gasteiger partial charge in [0.15, 0.2) is 0 Å². The number of carbonyl (C=O) groups excluding carboxylic acids is 1. The van der Waals surface area contributed by atoms with E-state index < -0.39 is 0 Å². The third-order valence-electron chi connectivity index (χ3n) is 3.78. The van der Waals surface area contributed by atoms with Crippen molar-refractivity contribution in [1.82, 2.24) is 14.7 Å². The zero-order valence-corrected chi connectivity index (χ0v) is 11.8. The lowest BCUT2D eigenvalue weighted by Crippen LogP contribution is -2.41. The first-order valence-corrected chi connectivity index (χ1v) is 7.04. The second kappa shape index (κ2) is 5.74. The maximum absolute atomic E-state index is 12.6. The van der Waals surface area contributed by atoms with Crippen LogP contribution in [-0.2, 0) is 7.05 Å². The summed E-state index contributed by atoms with van der Waals surface area (Å²) < 4.78 is 1.74. The van der Waals surface area contributed by atoms with E-state index in [9.17, 15) is 4.79 Å². The van der Waals surface area contributed by atoms with Crippen molar-refractivity contribution in [2.75, 3.05) is 12.4 Å². The molecule has 0 N–H and O–H groups in total. The SMILES string of the molecule is Cc1c(C(=O)N2CCCCCC2CCl)cnn1C. The maximum Gasteiger partial charge on any atom is 0.257 e. The minimum Gasteiger partial charge on any atom is -0.334 e. The summed E-state index contributed by atoms with van der Waals surface area (Å²) >= 11 is 6.01. The summed E-state index contributed by atoms with van der Waals surface area (Å²) in [6.45, 7) is 2.73. The predicted molar refractivity (Wildman–Crippen MR) is 72.0 cm³/mol. The van der Waals surface area contributed by atoms with Gasteiger partial charge in [-0.05, 0) is 19.8 Å². The van der Waals surface area contributed by atoms with Gasteiger partial charge >= 0.3 is 0 Å². The second-order valence-electron chi connectivity index (χ2n) is 4.92. The highest BCUT2D eigenvalue weighted by Gasteiger charge is 2.27. The Bertz CT molecular complexity index is 430. The van der Waals surface area contributed by atoms with Gasteiger partial charge in [0, 0.05) is 31.2 Å². The van der Waals surface area contributed by atoms with Crippen LogP contribution in [0, 0.1) is 6.92 Å². The number of alkyl halides is 1. The first-order chi connectivity index (χ1) is 8.65. The van der Waals surface area contributed by atoms with Crippen LogP contribution in [0.25, 0.3) is 0 Å². The smallest absolute Gasteiger partial charge is 0.257 e. The number of aryl methyl sites for hydroxylation is 1. The molecule has 1 fully saturated rings. The molecule has 1 unspecified atom stereocenters. The van der Waals surface area contributed by atoms with Gasteiger partial charge in [-0.15, -0.1) is 11.6 Å². The molecule has 0 radical (unpaired) electrons. The molecule has 4 nitrogen and oxygen atoms in total. The number of halogens is 1. The molecule has 1 aromatic rings. The Hall–Kier alpha value is -1.03. The van der Waals surface area contributed by atoms with Crippen LogP contribution >= 0.6 is 11.6 Å². The molecule has 0 bridgehead atoms. The van der Waals surface area contributed by atoms with E-state index in [1.54, 1.807) is 10.9 Å². The van der Waals surface area contributed by atoms with Crippen LogP contribution in [0.3, 0.4) is 0 Å². The molecule has 1 amide bonds. The number of hydrogen-bond acceptors (Lipinski definition) is 2. The van der Waals surface area contributed by atoms with E-state index in [1.807, 2.05) is 18.9 Å². The third-order valence-corrected chi connectivity index (χ3v) is 4.14. The zero-order valence-electron chi connectivity index (χ0n) is 11.0. The summed E-state index contributed by atoms with van der Waals surface area (Å²) in [5.74, 6) is 0.596. The fourth-order valence-corrected chi connectivity index (χ4v) is 2.79. The Morgan fingerprint density at radius 1 is 1.50 bits per heavy atom. The van der Waals surface area contributed by atoms with Crippen molar-refractivity contribution < 1.29 is 4.79 Å². The average Bonchev–Trinajstić information content (AvgIpc) is 2.59. The first kappa shape index (κ1) is 13.4. The highest BCUT2D eigenvalue weighted by molar-refractivity contribution is 6.18. The van der Waals surface area contributed by atoms with Gasteiger partial charge in [-0.3, -0.25) is 9.48 Å². The Morgan fingerprint density at radius 3 is 2.89 bits per heavy atom. The first-order valence-electron chi connectivity index (χ1n) is 6.50. The monoisotopic (exact) mass is 269 g/mol. The van der Waals surface area contributed by atoms with Gasteiger partial charge in [-0.1, -0.05) is 12.8 Å². The summed E-state index contributed by atoms with van der Waals surface area (Å²) in [7, 11) is 1.85. The van der Waals surface area contributed by atoms with E-state index in [1.165, 1.54) is 6.42 Å². The molecule has 0 saturated carbocycles. The van der Waals surface area contributed by atoms with Gasteiger partial charge in [0.05, 0.1) is 11.8 Å². The average molecular weight is 270 g/mol. The molecule has 1 aromatic heterocycles. The Balaban J connectivity index is 2.22. The van der Waals surface area contributed by atoms with Gasteiger partial charge in [0.25, 0.3) is 5.91 Å². The van der Waals surface area contributed by atoms with Crippen LogP contribution in [0.2, 0.25) is 0 Å². The fourth-order valence-electron chi connectivity index (χ4n) is 2.47. The fraction of sp³-hybridized carbons (Fsp3) is 0.692. The minimum atomic E-state index is 0.0770. The molecule has 5 heteroatoms. The van der Waals surface area contributed by atoms with E-state index >= 15 is 0 Å². The van der Waals surface area contributed by atoms with Crippen LogP contribution in [0.5, 0.6) is 0 Å². The third kappa shape index (κ3) is 2.53. The molecule has 2 rings (SSSR count). The number of hydrogen-bond donors (Lipinski definition) is 0. The van der Waals surface area contributed by atoms with Crippen molar-refractivity contribution >= 4 is 17.5 Å². The van der Waals surface area contributed by atoms with Gasteiger partial charge in [-0.25, -0.2) is 0 Å². The number of amides is 1. The molecule has 1 atom stereocenters. The van der Waals surface area contributed by atoms with Gasteiger partial charge < -0.3 is 4.90 Å². The summed E-state index contributed by atoms with van der Waals surface area (Å²) in [6.07, 6.45) is 6.08. The molecule has 0 aromatic carbocycles. The molecule has 18 heavy (non-hydrogen) atoms. The van der Waals surface area contributed by atoms with Crippen LogP contribution in [-0.4, -0.2) is 39.1 Å². The topological polar surface area (TPSA) is 38.1 Å². The quantitative estimate of drug-likeness (QED) is 0.773. The lowest BCUT2D eigenvalue weighted by molar-refractivity contribution is 0.0699. The molecule has 1 aliphatic heterocycles. The molecule has 100 valence electrons. The van der Waals surface area contributed by atoms with Crippen molar-refractivity contribution in [3.63, 3.8) is 0 Å². The summed E-state index contributed by atoms with van der Waals surface area (Å²) in [5.41, 5.74) is 1.62. The minimum absolute atomic E-state index is 0.0770. The highest BCUT2D eigenvalue weighted by Crippen LogP contribution is 2.21. The number of rotatable bonds is 2. The van der Waals surface area contributed by atoms with Gasteiger partial charge in [0.1, 0.15) is 0 Å². The standard InChI is InChI=1S/C13H20ClN3O/c1-10-12(9-15-16(10)2)13(18)17-7-5-3-4-6-11(17)8-14/h9,11H,3-8H2,1-2H3. The Morgan fingerprint density at radius 2 is 2.28 bits per heavy atom. The highest BCUT2D eigenvalue weighted by atomic mass is 35.5. The molecule has 0 aliphatic carbocycles. The molecule has 2 heterocycles. The van der Waals surface area contributed by atoms with E-state index in [0.717, 1.165) is 31.5 Å². The van der Waals surface area contributed by atoms with Crippen LogP contribution in [0.1, 0.15) is 41.7 Å². The molecule has 0 spiro atoms. The number of aromatic nitrogens is 2. The number of nitrogens with zero attached hydrogens (tertiary/aromatic N) is 3. The van der Waals surface area contributed by atoms with Crippen molar-refractivity contribution in [2.45, 2.75) is 38.6 Å². The normalized spacial score (nSPS) is 20.8. The van der Waals surface area contributed by atoms with Crippen molar-refractivity contribution in [1.29, 1.82) is 0 Å². The maximum atomic E-state index is 12.6. The molecule has 1 saturated heterocycles. The Labute approximate surface area is 113 Å². The second-order valence-corrected chi connectivity index (χ2v) is 5.23. The summed E-state index contributed by atoms with van der Waals surface area (Å²) in [6, 6.07) is 0.168. The van der Waals surface area contributed by atoms with Crippen molar-refractivity contribution in [3.05, 3.63) is 17.5 Å². The van der Waals surface area contributed by atoms with Crippen molar-refractivity contribution in [2.24, 2.45) is 7.05 Å². The van der Waals surface area contributed by atoms with Crippen LogP contribution in [0.15, 0.2) is 6.20 Å². The summed E-state index contributed by atoms with van der Waals surface area (Å²) in [5, 5.41) is 4.14. The van der Waals surface area contributed by atoms with Crippen molar-refractivity contribution in [3.8, 4) is 0 Å². The van der Waals surface area contributed by atoms with E-state index in [0.29, 0.717) is 11.4 Å². The van der Waals surface area contributed by atoms with Gasteiger partial charge in [-0.2, -0.15) is 5.10 Å². The largest absolute Gasteiger partial charge is 0.334 e. The zero-order chi connectivity index (χ0) is 13.1. The molecular weight excluding hydrogens is 250 g/mol. The van der Waals surface area contributed by atoms with E-state index in [-0.39, 0.29) is 11.9 Å². The summed E-state index contributed by atoms with van der Waals surface area (Å²) in [4.78, 5) is 14.5. The number of likely N-dealkylation sites (tertiary alicyclic amines) is 1. The van der Waals surface area contributed by atoms with Crippen LogP contribution < -0.4 is 0 Å². The lowest BCUT2D eigenvalue weighted by atomic mass is 10.1. The lowest BCUT2D eigenvalue weighted by Gasteiger charge is -2.28. The molecular formula is C13H20ClN3O. The van der Waals surface area contributed by atoms with Crippen LogP contribution in [0.4, 0.5) is 0 Å². The Kier molecular flexibility index (Phi) is 4.27. The molecule has 1 aliphatic rings.